The highest BCUT2D eigenvalue weighted by atomic mass is 35.5. The van der Waals surface area contributed by atoms with Gasteiger partial charge < -0.3 is 29.6 Å². The number of hydrazone groups is 1. The molecule has 3 aromatic carbocycles. The number of allylic oxidation sites excluding steroid dienone is 1. The molecule has 1 heterocycles. The largest absolute Gasteiger partial charge is 0.493 e. The van der Waals surface area contributed by atoms with E-state index in [1.165, 1.54) is 13.3 Å². The van der Waals surface area contributed by atoms with E-state index >= 15 is 0 Å². The Hall–Kier alpha value is -4.32. The van der Waals surface area contributed by atoms with Gasteiger partial charge in [0.2, 0.25) is 0 Å². The van der Waals surface area contributed by atoms with Gasteiger partial charge in [0.25, 0.3) is 5.91 Å². The fraction of sp³-hybridized carbons (Fsp3) is 0.226. The summed E-state index contributed by atoms with van der Waals surface area (Å²) in [5.74, 6) is 0.296. The third-order valence-corrected chi connectivity index (χ3v) is 7.30. The molecule has 0 radical (unpaired) electrons. The Labute approximate surface area is 270 Å². The number of esters is 1. The quantitative estimate of drug-likeness (QED) is 0.101. The lowest BCUT2D eigenvalue weighted by atomic mass is 9.95. The van der Waals surface area contributed by atoms with Crippen molar-refractivity contribution in [2.45, 2.75) is 26.5 Å². The minimum absolute atomic E-state index is 0.195. The lowest BCUT2D eigenvalue weighted by Crippen LogP contribution is -2.45. The van der Waals surface area contributed by atoms with Gasteiger partial charge in [-0.05, 0) is 62.0 Å². The molecule has 0 fully saturated rings. The predicted octanol–water partition coefficient (Wildman–Crippen LogP) is 5.47. The summed E-state index contributed by atoms with van der Waals surface area (Å²) < 4.78 is 22.6. The second kappa shape index (κ2) is 15.4. The van der Waals surface area contributed by atoms with Crippen LogP contribution in [0.5, 0.6) is 17.2 Å². The van der Waals surface area contributed by atoms with Crippen LogP contribution in [0.1, 0.15) is 36.6 Å². The van der Waals surface area contributed by atoms with E-state index in [0.29, 0.717) is 54.8 Å². The van der Waals surface area contributed by atoms with Crippen LogP contribution in [-0.2, 0) is 20.9 Å². The number of nitrogens with zero attached hydrogens (tertiary/aromatic N) is 1. The summed E-state index contributed by atoms with van der Waals surface area (Å²) in [5.41, 5.74) is 5.37. The summed E-state index contributed by atoms with van der Waals surface area (Å²) in [4.78, 5) is 25.4. The first kappa shape index (κ1) is 32.6. The SMILES string of the molecule is CCOC(=O)C1=C(C)NC(=S)N[C@H]1c1ccccc1OCC(=O)NN=Cc1cccc(OC)c1OCc1ccc(Cl)c(Cl)c1. The van der Waals surface area contributed by atoms with E-state index in [4.69, 9.17) is 54.4 Å². The fourth-order valence-corrected chi connectivity index (χ4v) is 4.93. The number of halogens is 2. The van der Waals surface area contributed by atoms with Gasteiger partial charge in [0.05, 0.1) is 41.6 Å². The smallest absolute Gasteiger partial charge is 0.338 e. The molecule has 3 aromatic rings. The summed E-state index contributed by atoms with van der Waals surface area (Å²) in [7, 11) is 1.53. The molecule has 0 saturated carbocycles. The molecule has 10 nitrogen and oxygen atoms in total. The van der Waals surface area contributed by atoms with Crippen molar-refractivity contribution in [2.75, 3.05) is 20.3 Å². The highest BCUT2D eigenvalue weighted by Gasteiger charge is 2.32. The maximum absolute atomic E-state index is 12.8. The number of hydrogen-bond donors (Lipinski definition) is 3. The predicted molar refractivity (Wildman–Crippen MR) is 172 cm³/mol. The zero-order chi connectivity index (χ0) is 31.6. The molecule has 230 valence electrons. The molecule has 4 rings (SSSR count). The molecule has 0 unspecified atom stereocenters. The Morgan fingerprint density at radius 1 is 1.05 bits per heavy atom. The molecule has 0 aliphatic carbocycles. The lowest BCUT2D eigenvalue weighted by molar-refractivity contribution is -0.139. The maximum atomic E-state index is 12.8. The van der Waals surface area contributed by atoms with Gasteiger partial charge in [0.1, 0.15) is 12.4 Å². The van der Waals surface area contributed by atoms with Crippen LogP contribution in [0, 0.1) is 0 Å². The molecule has 44 heavy (non-hydrogen) atoms. The monoisotopic (exact) mass is 656 g/mol. The lowest BCUT2D eigenvalue weighted by Gasteiger charge is -2.30. The molecule has 0 aromatic heterocycles. The van der Waals surface area contributed by atoms with E-state index in [0.717, 1.165) is 5.56 Å². The fourth-order valence-electron chi connectivity index (χ4n) is 4.34. The molecule has 0 saturated heterocycles. The summed E-state index contributed by atoms with van der Waals surface area (Å²) >= 11 is 17.5. The number of benzene rings is 3. The standard InChI is InChI=1S/C31H30Cl2N4O6S/c1-4-41-30(39)27-18(2)35-31(44)36-28(27)21-9-5-6-10-24(21)42-17-26(38)37-34-15-20-8-7-11-25(40-3)29(20)43-16-19-12-13-22(32)23(33)14-19/h5-15,28H,4,16-17H2,1-3H3,(H,37,38)(H2,35,36,44)/t28-/m0/s1. The molecule has 3 N–H and O–H groups in total. The number of nitrogens with one attached hydrogen (secondary N) is 3. The van der Waals surface area contributed by atoms with Crippen molar-refractivity contribution < 1.29 is 28.5 Å². The van der Waals surface area contributed by atoms with Crippen LogP contribution >= 0.6 is 35.4 Å². The van der Waals surface area contributed by atoms with Crippen molar-refractivity contribution in [2.24, 2.45) is 5.10 Å². The molecule has 0 spiro atoms. The summed E-state index contributed by atoms with van der Waals surface area (Å²) in [6.45, 7) is 3.54. The number of hydrogen-bond acceptors (Lipinski definition) is 8. The third kappa shape index (κ3) is 8.19. The molecular formula is C31H30Cl2N4O6S. The Kier molecular flexibility index (Phi) is 11.4. The summed E-state index contributed by atoms with van der Waals surface area (Å²) in [6.07, 6.45) is 1.44. The van der Waals surface area contributed by atoms with Gasteiger partial charge in [-0.3, -0.25) is 4.79 Å². The van der Waals surface area contributed by atoms with Crippen LogP contribution in [-0.4, -0.2) is 43.5 Å². The van der Waals surface area contributed by atoms with Crippen LogP contribution in [0.3, 0.4) is 0 Å². The molecular weight excluding hydrogens is 627 g/mol. The normalized spacial score (nSPS) is 14.5. The first-order chi connectivity index (χ1) is 21.2. The minimum Gasteiger partial charge on any atom is -0.493 e. The maximum Gasteiger partial charge on any atom is 0.338 e. The van der Waals surface area contributed by atoms with Crippen LogP contribution in [0.2, 0.25) is 10.0 Å². The molecule has 1 amide bonds. The second-order valence-electron chi connectivity index (χ2n) is 9.33. The van der Waals surface area contributed by atoms with E-state index in [1.54, 1.807) is 74.5 Å². The van der Waals surface area contributed by atoms with Crippen molar-refractivity contribution in [1.82, 2.24) is 16.1 Å². The van der Waals surface area contributed by atoms with E-state index in [-0.39, 0.29) is 19.8 Å². The number of ether oxygens (including phenoxy) is 4. The van der Waals surface area contributed by atoms with Crippen molar-refractivity contribution in [1.29, 1.82) is 0 Å². The number of rotatable bonds is 12. The number of methoxy groups -OCH3 is 1. The Morgan fingerprint density at radius 2 is 1.82 bits per heavy atom. The number of carbonyl (C=O) groups excluding carboxylic acids is 2. The van der Waals surface area contributed by atoms with Crippen LogP contribution in [0.25, 0.3) is 0 Å². The topological polar surface area (TPSA) is 120 Å². The number of carbonyl (C=O) groups is 2. The molecule has 1 aliphatic rings. The second-order valence-corrected chi connectivity index (χ2v) is 10.5. The first-order valence-electron chi connectivity index (χ1n) is 13.4. The Morgan fingerprint density at radius 3 is 2.57 bits per heavy atom. The molecule has 0 bridgehead atoms. The Bertz CT molecular complexity index is 1610. The average Bonchev–Trinajstić information content (AvgIpc) is 3.00. The van der Waals surface area contributed by atoms with Crippen molar-refractivity contribution in [3.05, 3.63) is 98.7 Å². The van der Waals surface area contributed by atoms with E-state index in [9.17, 15) is 9.59 Å². The van der Waals surface area contributed by atoms with Crippen molar-refractivity contribution in [3.8, 4) is 17.2 Å². The zero-order valence-electron chi connectivity index (χ0n) is 24.1. The molecule has 1 atom stereocenters. The van der Waals surface area contributed by atoms with Gasteiger partial charge in [-0.1, -0.05) is 53.5 Å². The van der Waals surface area contributed by atoms with E-state index in [2.05, 4.69) is 21.2 Å². The highest BCUT2D eigenvalue weighted by molar-refractivity contribution is 7.80. The molecule has 13 heteroatoms. The van der Waals surface area contributed by atoms with Crippen molar-refractivity contribution in [3.63, 3.8) is 0 Å². The van der Waals surface area contributed by atoms with Gasteiger partial charge in [-0.15, -0.1) is 0 Å². The number of thiocarbonyl (C=S) groups is 1. The van der Waals surface area contributed by atoms with Crippen LogP contribution < -0.4 is 30.3 Å². The van der Waals surface area contributed by atoms with E-state index < -0.39 is 17.9 Å². The number of para-hydroxylation sites is 2. The Balaban J connectivity index is 1.43. The molecule has 1 aliphatic heterocycles. The van der Waals surface area contributed by atoms with Gasteiger partial charge >= 0.3 is 5.97 Å². The first-order valence-corrected chi connectivity index (χ1v) is 14.6. The highest BCUT2D eigenvalue weighted by Crippen LogP contribution is 2.34. The van der Waals surface area contributed by atoms with Crippen molar-refractivity contribution >= 4 is 58.6 Å². The van der Waals surface area contributed by atoms with Gasteiger partial charge in [0, 0.05) is 16.8 Å². The number of amides is 1. The minimum atomic E-state index is -0.643. The van der Waals surface area contributed by atoms with Gasteiger partial charge in [-0.25, -0.2) is 10.2 Å². The summed E-state index contributed by atoms with van der Waals surface area (Å²) in [5, 5.41) is 11.3. The summed E-state index contributed by atoms with van der Waals surface area (Å²) in [6, 6.07) is 16.9. The van der Waals surface area contributed by atoms with Gasteiger partial charge in [0.15, 0.2) is 23.2 Å². The van der Waals surface area contributed by atoms with Crippen LogP contribution in [0.15, 0.2) is 77.0 Å². The van der Waals surface area contributed by atoms with Gasteiger partial charge in [-0.2, -0.15) is 5.10 Å². The van der Waals surface area contributed by atoms with E-state index in [1.807, 2.05) is 0 Å². The average molecular weight is 658 g/mol. The zero-order valence-corrected chi connectivity index (χ0v) is 26.4. The third-order valence-electron chi connectivity index (χ3n) is 6.34. The van der Waals surface area contributed by atoms with Crippen LogP contribution in [0.4, 0.5) is 0 Å².